The normalized spacial score (nSPS) is 22.1. The molecule has 102 valence electrons. The molecule has 0 radical (unpaired) electrons. The fourth-order valence-electron chi connectivity index (χ4n) is 2.11. The zero-order chi connectivity index (χ0) is 12.7. The van der Waals surface area contributed by atoms with Crippen LogP contribution in [0.15, 0.2) is 0 Å². The van der Waals surface area contributed by atoms with Crippen LogP contribution in [0.3, 0.4) is 0 Å². The van der Waals surface area contributed by atoms with Gasteiger partial charge in [0.1, 0.15) is 0 Å². The average molecular weight is 254 g/mol. The van der Waals surface area contributed by atoms with Crippen molar-refractivity contribution in [1.29, 1.82) is 0 Å². The maximum atomic E-state index is 11.8. The average Bonchev–Trinajstić information content (AvgIpc) is 2.27. The first-order chi connectivity index (χ1) is 8.01. The van der Waals surface area contributed by atoms with E-state index < -0.39 is 6.36 Å². The van der Waals surface area contributed by atoms with Gasteiger partial charge in [-0.3, -0.25) is 4.74 Å². The Morgan fingerprint density at radius 1 is 1.41 bits per heavy atom. The van der Waals surface area contributed by atoms with Gasteiger partial charge in [0.05, 0.1) is 6.61 Å². The molecule has 0 saturated carbocycles. The van der Waals surface area contributed by atoms with Gasteiger partial charge in [-0.15, -0.1) is 13.2 Å². The second-order valence-corrected chi connectivity index (χ2v) is 4.40. The fraction of sp³-hybridized carbons (Fsp3) is 1.00. The van der Waals surface area contributed by atoms with Gasteiger partial charge in [-0.25, -0.2) is 0 Å². The van der Waals surface area contributed by atoms with E-state index in [2.05, 4.69) is 10.1 Å². The Balaban J connectivity index is 2.18. The summed E-state index contributed by atoms with van der Waals surface area (Å²) in [4.78, 5) is 2.02. The summed E-state index contributed by atoms with van der Waals surface area (Å²) in [7, 11) is 0. The first-order valence-electron chi connectivity index (χ1n) is 6.15. The van der Waals surface area contributed by atoms with Crippen molar-refractivity contribution >= 4 is 0 Å². The molecule has 1 heterocycles. The molecule has 1 aliphatic rings. The third kappa shape index (κ3) is 6.85. The Hall–Kier alpha value is -0.330. The highest BCUT2D eigenvalue weighted by Gasteiger charge is 2.29. The monoisotopic (exact) mass is 254 g/mol. The van der Waals surface area contributed by atoms with Crippen LogP contribution in [0.5, 0.6) is 0 Å². The lowest BCUT2D eigenvalue weighted by Crippen LogP contribution is -2.39. The number of rotatable bonds is 6. The summed E-state index contributed by atoms with van der Waals surface area (Å²) >= 11 is 0. The highest BCUT2D eigenvalue weighted by atomic mass is 19.4. The van der Waals surface area contributed by atoms with Crippen molar-refractivity contribution in [1.82, 2.24) is 10.2 Å². The third-order valence-corrected chi connectivity index (χ3v) is 3.04. The summed E-state index contributed by atoms with van der Waals surface area (Å²) in [5.41, 5.74) is 0. The standard InChI is InChI=1S/C11H21F3N2O/c1-2-16(6-7-17-11(12,13)14)9-10-4-3-5-15-8-10/h10,15H,2-9H2,1H3. The summed E-state index contributed by atoms with van der Waals surface area (Å²) in [6.07, 6.45) is -2.20. The zero-order valence-electron chi connectivity index (χ0n) is 10.2. The summed E-state index contributed by atoms with van der Waals surface area (Å²) in [6, 6.07) is 0. The van der Waals surface area contributed by atoms with E-state index >= 15 is 0 Å². The van der Waals surface area contributed by atoms with Crippen LogP contribution in [-0.4, -0.2) is 50.6 Å². The molecule has 0 amide bonds. The third-order valence-electron chi connectivity index (χ3n) is 3.04. The SMILES string of the molecule is CCN(CCOC(F)(F)F)CC1CCCNC1. The van der Waals surface area contributed by atoms with E-state index in [1.807, 2.05) is 11.8 Å². The first-order valence-corrected chi connectivity index (χ1v) is 6.15. The maximum Gasteiger partial charge on any atom is 0.522 e. The molecular formula is C11H21F3N2O. The van der Waals surface area contributed by atoms with E-state index in [4.69, 9.17) is 0 Å². The smallest absolute Gasteiger partial charge is 0.316 e. The number of hydrogen-bond acceptors (Lipinski definition) is 3. The maximum absolute atomic E-state index is 11.8. The van der Waals surface area contributed by atoms with E-state index in [-0.39, 0.29) is 6.61 Å². The first kappa shape index (κ1) is 14.7. The largest absolute Gasteiger partial charge is 0.522 e. The highest BCUT2D eigenvalue weighted by Crippen LogP contribution is 2.16. The summed E-state index contributed by atoms with van der Waals surface area (Å²) in [5, 5.41) is 3.31. The molecule has 1 aliphatic heterocycles. The number of likely N-dealkylation sites (N-methyl/N-ethyl adjacent to an activating group) is 1. The molecule has 17 heavy (non-hydrogen) atoms. The van der Waals surface area contributed by atoms with Crippen LogP contribution in [0.4, 0.5) is 13.2 Å². The molecular weight excluding hydrogens is 233 g/mol. The van der Waals surface area contributed by atoms with Crippen molar-refractivity contribution < 1.29 is 17.9 Å². The van der Waals surface area contributed by atoms with Gasteiger partial charge in [0, 0.05) is 13.1 Å². The van der Waals surface area contributed by atoms with Crippen LogP contribution in [0, 0.1) is 5.92 Å². The van der Waals surface area contributed by atoms with Crippen LogP contribution < -0.4 is 5.32 Å². The van der Waals surface area contributed by atoms with Crippen molar-refractivity contribution in [2.24, 2.45) is 5.92 Å². The Morgan fingerprint density at radius 3 is 2.71 bits per heavy atom. The van der Waals surface area contributed by atoms with Gasteiger partial charge in [-0.2, -0.15) is 0 Å². The quantitative estimate of drug-likeness (QED) is 0.783. The van der Waals surface area contributed by atoms with E-state index in [1.165, 1.54) is 0 Å². The predicted octanol–water partition coefficient (Wildman–Crippen LogP) is 1.84. The minimum atomic E-state index is -4.51. The number of alkyl halides is 3. The van der Waals surface area contributed by atoms with Gasteiger partial charge < -0.3 is 10.2 Å². The second kappa shape index (κ2) is 7.18. The molecule has 6 heteroatoms. The van der Waals surface area contributed by atoms with Gasteiger partial charge >= 0.3 is 6.36 Å². The van der Waals surface area contributed by atoms with Crippen LogP contribution in [0.2, 0.25) is 0 Å². The molecule has 3 nitrogen and oxygen atoms in total. The molecule has 1 rings (SSSR count). The molecule has 0 aliphatic carbocycles. The van der Waals surface area contributed by atoms with E-state index in [0.717, 1.165) is 39.0 Å². The Labute approximate surface area is 100 Å². The van der Waals surface area contributed by atoms with Gasteiger partial charge in [-0.1, -0.05) is 6.92 Å². The number of piperidine rings is 1. The fourth-order valence-corrected chi connectivity index (χ4v) is 2.11. The van der Waals surface area contributed by atoms with Gasteiger partial charge in [0.2, 0.25) is 0 Å². The summed E-state index contributed by atoms with van der Waals surface area (Å²) in [6.45, 7) is 5.66. The van der Waals surface area contributed by atoms with Crippen molar-refractivity contribution in [3.05, 3.63) is 0 Å². The molecule has 0 bridgehead atoms. The molecule has 1 N–H and O–H groups in total. The number of nitrogens with one attached hydrogen (secondary N) is 1. The Morgan fingerprint density at radius 2 is 2.18 bits per heavy atom. The van der Waals surface area contributed by atoms with Crippen LogP contribution >= 0.6 is 0 Å². The number of ether oxygens (including phenoxy) is 1. The molecule has 0 aromatic heterocycles. The summed E-state index contributed by atoms with van der Waals surface area (Å²) < 4.78 is 39.2. The molecule has 1 saturated heterocycles. The molecule has 0 aromatic rings. The van der Waals surface area contributed by atoms with Crippen LogP contribution in [-0.2, 0) is 4.74 Å². The number of halogens is 3. The summed E-state index contributed by atoms with van der Waals surface area (Å²) in [5.74, 6) is 0.551. The highest BCUT2D eigenvalue weighted by molar-refractivity contribution is 4.72. The minimum Gasteiger partial charge on any atom is -0.316 e. The van der Waals surface area contributed by atoms with E-state index in [9.17, 15) is 13.2 Å². The van der Waals surface area contributed by atoms with Crippen LogP contribution in [0.25, 0.3) is 0 Å². The lowest BCUT2D eigenvalue weighted by Gasteiger charge is -2.29. The number of hydrogen-bond donors (Lipinski definition) is 1. The lowest BCUT2D eigenvalue weighted by atomic mass is 9.99. The lowest BCUT2D eigenvalue weighted by molar-refractivity contribution is -0.325. The molecule has 0 aromatic carbocycles. The second-order valence-electron chi connectivity index (χ2n) is 4.40. The van der Waals surface area contributed by atoms with E-state index in [1.54, 1.807) is 0 Å². The van der Waals surface area contributed by atoms with Gasteiger partial charge in [0.15, 0.2) is 0 Å². The topological polar surface area (TPSA) is 24.5 Å². The van der Waals surface area contributed by atoms with Gasteiger partial charge in [0.25, 0.3) is 0 Å². The molecule has 1 fully saturated rings. The van der Waals surface area contributed by atoms with Gasteiger partial charge in [-0.05, 0) is 38.4 Å². The number of nitrogens with zero attached hydrogens (tertiary/aromatic N) is 1. The zero-order valence-corrected chi connectivity index (χ0v) is 10.2. The van der Waals surface area contributed by atoms with Crippen molar-refractivity contribution in [2.75, 3.05) is 39.3 Å². The Bertz CT molecular complexity index is 205. The van der Waals surface area contributed by atoms with Crippen molar-refractivity contribution in [3.8, 4) is 0 Å². The minimum absolute atomic E-state index is 0.280. The Kier molecular flexibility index (Phi) is 6.22. The van der Waals surface area contributed by atoms with E-state index in [0.29, 0.717) is 12.5 Å². The van der Waals surface area contributed by atoms with Crippen molar-refractivity contribution in [3.63, 3.8) is 0 Å². The van der Waals surface area contributed by atoms with Crippen LogP contribution in [0.1, 0.15) is 19.8 Å². The molecule has 0 spiro atoms. The molecule has 1 atom stereocenters. The van der Waals surface area contributed by atoms with Crippen molar-refractivity contribution in [2.45, 2.75) is 26.1 Å². The molecule has 1 unspecified atom stereocenters. The predicted molar refractivity (Wildman–Crippen MR) is 59.7 cm³/mol.